The molecule has 3 aromatic rings. The fourth-order valence-corrected chi connectivity index (χ4v) is 3.69. The zero-order chi connectivity index (χ0) is 21.6. The van der Waals surface area contributed by atoms with Crippen LogP contribution in [0.4, 0.5) is 5.82 Å². The third-order valence-electron chi connectivity index (χ3n) is 5.58. The van der Waals surface area contributed by atoms with Crippen LogP contribution < -0.4 is 15.5 Å². The van der Waals surface area contributed by atoms with Gasteiger partial charge in [-0.25, -0.2) is 9.97 Å². The number of anilines is 1. The summed E-state index contributed by atoms with van der Waals surface area (Å²) in [6, 6.07) is 12.8. The summed E-state index contributed by atoms with van der Waals surface area (Å²) in [5.74, 6) is 3.23. The molecule has 8 heteroatoms. The lowest BCUT2D eigenvalue weighted by Gasteiger charge is -2.33. The standard InChI is InChI=1S/C24H30N6O.HI/c1-17-4-7-19(8-5-17)21-15-27-23(31-21)16-28-24(25-3)29-20-10-12-30(13-11-20)22-9-6-18(2)14-26-22;/h4-9,14-15,20H,10-13,16H2,1-3H3,(H2,25,28,29);1H. The van der Waals surface area contributed by atoms with Crippen LogP contribution in [0.3, 0.4) is 0 Å². The molecule has 0 amide bonds. The van der Waals surface area contributed by atoms with Crippen LogP contribution in [0, 0.1) is 13.8 Å². The van der Waals surface area contributed by atoms with Crippen LogP contribution in [-0.4, -0.2) is 42.1 Å². The first-order valence-electron chi connectivity index (χ1n) is 10.8. The van der Waals surface area contributed by atoms with Gasteiger partial charge in [-0.15, -0.1) is 24.0 Å². The Bertz CT molecular complexity index is 1010. The van der Waals surface area contributed by atoms with Gasteiger partial charge in [0.15, 0.2) is 11.7 Å². The molecule has 7 nitrogen and oxygen atoms in total. The van der Waals surface area contributed by atoms with Crippen molar-refractivity contribution in [1.29, 1.82) is 0 Å². The Morgan fingerprint density at radius 2 is 1.75 bits per heavy atom. The van der Waals surface area contributed by atoms with Gasteiger partial charge >= 0.3 is 0 Å². The van der Waals surface area contributed by atoms with Crippen LogP contribution in [0.5, 0.6) is 0 Å². The first-order chi connectivity index (χ1) is 15.1. The first kappa shape index (κ1) is 24.0. The number of piperidine rings is 1. The maximum absolute atomic E-state index is 5.90. The molecule has 0 aliphatic carbocycles. The summed E-state index contributed by atoms with van der Waals surface area (Å²) in [5.41, 5.74) is 3.44. The van der Waals surface area contributed by atoms with E-state index in [1.54, 1.807) is 13.2 Å². The van der Waals surface area contributed by atoms with Gasteiger partial charge in [0, 0.05) is 37.9 Å². The number of nitrogens with zero attached hydrogens (tertiary/aromatic N) is 4. The molecular weight excluding hydrogens is 515 g/mol. The number of halogens is 1. The van der Waals surface area contributed by atoms with Crippen LogP contribution in [0.1, 0.15) is 29.9 Å². The number of aliphatic imine (C=N–C) groups is 1. The lowest BCUT2D eigenvalue weighted by molar-refractivity contribution is 0.455. The predicted molar refractivity (Wildman–Crippen MR) is 140 cm³/mol. The van der Waals surface area contributed by atoms with Gasteiger partial charge in [0.1, 0.15) is 5.82 Å². The molecule has 1 aromatic carbocycles. The summed E-state index contributed by atoms with van der Waals surface area (Å²) in [5, 5.41) is 6.84. The number of nitrogens with one attached hydrogen (secondary N) is 2. The van der Waals surface area contributed by atoms with Gasteiger partial charge in [-0.2, -0.15) is 0 Å². The van der Waals surface area contributed by atoms with Crippen LogP contribution >= 0.6 is 24.0 Å². The Hall–Kier alpha value is -2.62. The quantitative estimate of drug-likeness (QED) is 0.282. The summed E-state index contributed by atoms with van der Waals surface area (Å²) in [7, 11) is 1.79. The van der Waals surface area contributed by atoms with Crippen molar-refractivity contribution in [3.05, 3.63) is 65.8 Å². The Morgan fingerprint density at radius 1 is 1.03 bits per heavy atom. The van der Waals surface area contributed by atoms with E-state index >= 15 is 0 Å². The summed E-state index contributed by atoms with van der Waals surface area (Å²) in [4.78, 5) is 15.6. The number of aromatic nitrogens is 2. The maximum atomic E-state index is 5.90. The number of aryl methyl sites for hydroxylation is 2. The summed E-state index contributed by atoms with van der Waals surface area (Å²) >= 11 is 0. The molecule has 170 valence electrons. The molecule has 1 aliphatic rings. The number of hydrogen-bond acceptors (Lipinski definition) is 5. The normalized spacial score (nSPS) is 14.7. The first-order valence-corrected chi connectivity index (χ1v) is 10.8. The van der Waals surface area contributed by atoms with Crippen molar-refractivity contribution < 1.29 is 4.42 Å². The zero-order valence-electron chi connectivity index (χ0n) is 18.8. The maximum Gasteiger partial charge on any atom is 0.214 e. The average molecular weight is 546 g/mol. The van der Waals surface area contributed by atoms with Gasteiger partial charge in [-0.3, -0.25) is 4.99 Å². The minimum absolute atomic E-state index is 0. The number of oxazole rings is 1. The van der Waals surface area contributed by atoms with E-state index in [2.05, 4.69) is 68.6 Å². The number of hydrogen-bond donors (Lipinski definition) is 2. The van der Waals surface area contributed by atoms with Crippen LogP contribution in [0.2, 0.25) is 0 Å². The molecule has 0 bridgehead atoms. The van der Waals surface area contributed by atoms with Crippen LogP contribution in [0.25, 0.3) is 11.3 Å². The van der Waals surface area contributed by atoms with Gasteiger partial charge in [-0.05, 0) is 38.3 Å². The summed E-state index contributed by atoms with van der Waals surface area (Å²) in [6.07, 6.45) is 5.77. The molecule has 1 saturated heterocycles. The highest BCUT2D eigenvalue weighted by atomic mass is 127. The molecule has 0 saturated carbocycles. The smallest absolute Gasteiger partial charge is 0.214 e. The molecule has 0 radical (unpaired) electrons. The van der Waals surface area contributed by atoms with Gasteiger partial charge in [0.05, 0.1) is 12.7 Å². The fraction of sp³-hybridized carbons (Fsp3) is 0.375. The van der Waals surface area contributed by atoms with Crippen molar-refractivity contribution in [2.45, 2.75) is 39.3 Å². The van der Waals surface area contributed by atoms with Crippen molar-refractivity contribution in [2.24, 2.45) is 4.99 Å². The second-order valence-electron chi connectivity index (χ2n) is 8.01. The van der Waals surface area contributed by atoms with Crippen molar-refractivity contribution in [3.8, 4) is 11.3 Å². The second kappa shape index (κ2) is 11.3. The summed E-state index contributed by atoms with van der Waals surface area (Å²) < 4.78 is 5.90. The highest BCUT2D eigenvalue weighted by Crippen LogP contribution is 2.21. The lowest BCUT2D eigenvalue weighted by atomic mass is 10.1. The molecule has 0 atom stereocenters. The SMILES string of the molecule is CN=C(NCc1ncc(-c2ccc(C)cc2)o1)NC1CCN(c2ccc(C)cn2)CC1.I. The van der Waals surface area contributed by atoms with Crippen molar-refractivity contribution in [3.63, 3.8) is 0 Å². The van der Waals surface area contributed by atoms with E-state index in [1.807, 2.05) is 18.3 Å². The molecule has 0 unspecified atom stereocenters. The van der Waals surface area contributed by atoms with Crippen LogP contribution in [0.15, 0.2) is 58.2 Å². The molecule has 3 heterocycles. The Labute approximate surface area is 206 Å². The topological polar surface area (TPSA) is 78.6 Å². The van der Waals surface area contributed by atoms with E-state index in [-0.39, 0.29) is 24.0 Å². The van der Waals surface area contributed by atoms with E-state index < -0.39 is 0 Å². The Kier molecular flexibility index (Phi) is 8.49. The molecular formula is C24H31IN6O. The van der Waals surface area contributed by atoms with E-state index in [9.17, 15) is 0 Å². The molecule has 2 aromatic heterocycles. The number of guanidine groups is 1. The second-order valence-corrected chi connectivity index (χ2v) is 8.01. The fourth-order valence-electron chi connectivity index (χ4n) is 3.69. The van der Waals surface area contributed by atoms with Gasteiger partial charge in [0.2, 0.25) is 5.89 Å². The van der Waals surface area contributed by atoms with E-state index in [0.29, 0.717) is 18.5 Å². The zero-order valence-corrected chi connectivity index (χ0v) is 21.2. The van der Waals surface area contributed by atoms with E-state index in [4.69, 9.17) is 4.42 Å². The average Bonchev–Trinajstić information content (AvgIpc) is 3.27. The third-order valence-corrected chi connectivity index (χ3v) is 5.58. The van der Waals surface area contributed by atoms with Crippen molar-refractivity contribution >= 4 is 35.8 Å². The molecule has 1 aliphatic heterocycles. The molecule has 32 heavy (non-hydrogen) atoms. The lowest BCUT2D eigenvalue weighted by Crippen LogP contribution is -2.48. The number of pyridine rings is 1. The minimum atomic E-state index is 0. The van der Waals surface area contributed by atoms with Crippen LogP contribution in [-0.2, 0) is 6.54 Å². The molecule has 1 fully saturated rings. The predicted octanol–water partition coefficient (Wildman–Crippen LogP) is 4.31. The molecule has 4 rings (SSSR count). The number of benzene rings is 1. The van der Waals surface area contributed by atoms with Gasteiger partial charge < -0.3 is 20.0 Å². The minimum Gasteiger partial charge on any atom is -0.439 e. The summed E-state index contributed by atoms with van der Waals surface area (Å²) in [6.45, 7) is 6.57. The molecule has 2 N–H and O–H groups in total. The van der Waals surface area contributed by atoms with Gasteiger partial charge in [0.25, 0.3) is 0 Å². The largest absolute Gasteiger partial charge is 0.439 e. The van der Waals surface area contributed by atoms with Crippen molar-refractivity contribution in [2.75, 3.05) is 25.0 Å². The third kappa shape index (κ3) is 6.21. The molecule has 0 spiro atoms. The Balaban J connectivity index is 0.00000289. The highest BCUT2D eigenvalue weighted by molar-refractivity contribution is 14.0. The Morgan fingerprint density at radius 3 is 2.41 bits per heavy atom. The van der Waals surface area contributed by atoms with Crippen molar-refractivity contribution in [1.82, 2.24) is 20.6 Å². The van der Waals surface area contributed by atoms with E-state index in [0.717, 1.165) is 49.0 Å². The van der Waals surface area contributed by atoms with E-state index in [1.165, 1.54) is 11.1 Å². The number of rotatable bonds is 5. The highest BCUT2D eigenvalue weighted by Gasteiger charge is 2.21. The monoisotopic (exact) mass is 546 g/mol. The van der Waals surface area contributed by atoms with Gasteiger partial charge in [-0.1, -0.05) is 35.9 Å².